The number of nitrogens with zero attached hydrogens (tertiary/aromatic N) is 5. The Kier molecular flexibility index (Phi) is 3.72. The summed E-state index contributed by atoms with van der Waals surface area (Å²) in [5, 5.41) is 11.2. The second-order valence-corrected chi connectivity index (χ2v) is 5.91. The van der Waals surface area contributed by atoms with Crippen molar-refractivity contribution in [2.24, 2.45) is 7.05 Å². The molecule has 0 aliphatic carbocycles. The molecule has 4 rings (SSSR count). The topological polar surface area (TPSA) is 77.1 Å². The van der Waals surface area contributed by atoms with Crippen molar-refractivity contribution in [3.05, 3.63) is 66.1 Å². The number of aromatic nitrogens is 5. The number of fused-ring (bicyclic) bond motifs is 1. The van der Waals surface area contributed by atoms with Gasteiger partial charge in [0.05, 0.1) is 23.6 Å². The fourth-order valence-corrected chi connectivity index (χ4v) is 2.86. The Labute approximate surface area is 148 Å². The van der Waals surface area contributed by atoms with Gasteiger partial charge in [0, 0.05) is 18.8 Å². The number of pyridine rings is 2. The number of carbonyl (C=O) groups is 1. The van der Waals surface area contributed by atoms with Gasteiger partial charge in [0.2, 0.25) is 0 Å². The Morgan fingerprint density at radius 1 is 1.23 bits per heavy atom. The Morgan fingerprint density at radius 3 is 2.77 bits per heavy atom. The number of aryl methyl sites for hydroxylation is 2. The smallest absolute Gasteiger partial charge is 0.275 e. The first-order chi connectivity index (χ1) is 12.5. The summed E-state index contributed by atoms with van der Waals surface area (Å²) in [6, 6.07) is 8.17. The zero-order valence-electron chi connectivity index (χ0n) is 14.1. The molecule has 4 heterocycles. The molecule has 26 heavy (non-hydrogen) atoms. The van der Waals surface area contributed by atoms with Gasteiger partial charge in [-0.2, -0.15) is 10.2 Å². The molecule has 130 valence electrons. The van der Waals surface area contributed by atoms with Gasteiger partial charge < -0.3 is 5.32 Å². The zero-order valence-corrected chi connectivity index (χ0v) is 14.1. The maximum Gasteiger partial charge on any atom is 0.275 e. The lowest BCUT2D eigenvalue weighted by Crippen LogP contribution is -2.17. The summed E-state index contributed by atoms with van der Waals surface area (Å²) >= 11 is 0. The van der Waals surface area contributed by atoms with Crippen molar-refractivity contribution >= 4 is 17.2 Å². The highest BCUT2D eigenvalue weighted by molar-refractivity contribution is 6.03. The Hall–Kier alpha value is -3.55. The van der Waals surface area contributed by atoms with Crippen LogP contribution in [0.15, 0.2) is 48.9 Å². The summed E-state index contributed by atoms with van der Waals surface area (Å²) in [6.07, 6.45) is 4.58. The van der Waals surface area contributed by atoms with E-state index in [1.54, 1.807) is 21.5 Å². The molecule has 7 nitrogen and oxygen atoms in total. The third-order valence-electron chi connectivity index (χ3n) is 4.02. The largest absolute Gasteiger partial charge is 0.305 e. The average Bonchev–Trinajstić information content (AvgIpc) is 3.21. The molecular formula is C18H15FN6O. The van der Waals surface area contributed by atoms with Gasteiger partial charge >= 0.3 is 0 Å². The molecule has 4 aromatic rings. The van der Waals surface area contributed by atoms with Crippen molar-refractivity contribution in [1.29, 1.82) is 0 Å². The van der Waals surface area contributed by atoms with Crippen molar-refractivity contribution in [2.75, 3.05) is 5.32 Å². The van der Waals surface area contributed by atoms with Crippen molar-refractivity contribution in [2.45, 2.75) is 6.92 Å². The van der Waals surface area contributed by atoms with E-state index in [2.05, 4.69) is 20.5 Å². The first kappa shape index (κ1) is 15.9. The van der Waals surface area contributed by atoms with Gasteiger partial charge in [-0.3, -0.25) is 9.48 Å². The normalized spacial score (nSPS) is 11.0. The van der Waals surface area contributed by atoms with E-state index >= 15 is 0 Å². The number of amides is 1. The highest BCUT2D eigenvalue weighted by Gasteiger charge is 2.16. The molecule has 0 saturated heterocycles. The van der Waals surface area contributed by atoms with Crippen LogP contribution < -0.4 is 5.32 Å². The maximum absolute atomic E-state index is 13.0. The third-order valence-corrected chi connectivity index (χ3v) is 4.02. The van der Waals surface area contributed by atoms with E-state index < -0.39 is 5.82 Å². The van der Waals surface area contributed by atoms with Gasteiger partial charge in [0.1, 0.15) is 17.3 Å². The predicted molar refractivity (Wildman–Crippen MR) is 94.3 cm³/mol. The molecule has 1 amide bonds. The number of rotatable bonds is 3. The fourth-order valence-electron chi connectivity index (χ4n) is 2.86. The molecule has 0 aliphatic rings. The van der Waals surface area contributed by atoms with E-state index in [1.165, 1.54) is 12.1 Å². The van der Waals surface area contributed by atoms with E-state index in [4.69, 9.17) is 0 Å². The molecule has 8 heteroatoms. The summed E-state index contributed by atoms with van der Waals surface area (Å²) < 4.78 is 16.3. The minimum atomic E-state index is -0.466. The van der Waals surface area contributed by atoms with Gasteiger partial charge in [-0.05, 0) is 42.8 Å². The molecule has 1 N–H and O–H groups in total. The van der Waals surface area contributed by atoms with Crippen LogP contribution >= 0.6 is 0 Å². The molecule has 0 saturated carbocycles. The fraction of sp³-hybridized carbons (Fsp3) is 0.111. The number of carbonyl (C=O) groups excluding carboxylic acids is 1. The molecule has 0 fully saturated rings. The quantitative estimate of drug-likeness (QED) is 0.616. The lowest BCUT2D eigenvalue weighted by atomic mass is 10.1. The van der Waals surface area contributed by atoms with Crippen LogP contribution in [0.1, 0.15) is 16.2 Å². The van der Waals surface area contributed by atoms with Gasteiger partial charge in [-0.15, -0.1) is 0 Å². The Balaban J connectivity index is 1.78. The second-order valence-electron chi connectivity index (χ2n) is 5.91. The van der Waals surface area contributed by atoms with Crippen LogP contribution in [0.5, 0.6) is 0 Å². The van der Waals surface area contributed by atoms with E-state index in [0.29, 0.717) is 5.69 Å². The third kappa shape index (κ3) is 2.81. The molecule has 0 aromatic carbocycles. The lowest BCUT2D eigenvalue weighted by Gasteiger charge is -2.09. The molecule has 4 aromatic heterocycles. The monoisotopic (exact) mass is 350 g/mol. The summed E-state index contributed by atoms with van der Waals surface area (Å²) in [5.41, 5.74) is 3.79. The van der Waals surface area contributed by atoms with Crippen molar-refractivity contribution < 1.29 is 9.18 Å². The van der Waals surface area contributed by atoms with Gasteiger partial charge in [0.25, 0.3) is 5.91 Å². The standard InChI is InChI=1S/C18H15FN6O/c1-11-15(10-24(2)23-11)12-7-14-5-6-21-25(14)16(8-12)18(26)22-17-4-3-13(19)9-20-17/h3-10H,1-2H3,(H,20,22,26). The van der Waals surface area contributed by atoms with Crippen molar-refractivity contribution in [3.8, 4) is 11.1 Å². The van der Waals surface area contributed by atoms with Gasteiger partial charge in [0.15, 0.2) is 0 Å². The second kappa shape index (κ2) is 6.07. The lowest BCUT2D eigenvalue weighted by molar-refractivity contribution is 0.101. The number of anilines is 1. The minimum Gasteiger partial charge on any atom is -0.305 e. The molecule has 0 unspecified atom stereocenters. The molecule has 0 spiro atoms. The first-order valence-electron chi connectivity index (χ1n) is 7.92. The minimum absolute atomic E-state index is 0.264. The predicted octanol–water partition coefficient (Wildman–Crippen LogP) is 2.83. The number of halogens is 1. The van der Waals surface area contributed by atoms with Crippen molar-refractivity contribution in [3.63, 3.8) is 0 Å². The molecule has 0 bridgehead atoms. The summed E-state index contributed by atoms with van der Waals surface area (Å²) in [5.74, 6) is -0.590. The highest BCUT2D eigenvalue weighted by Crippen LogP contribution is 2.25. The van der Waals surface area contributed by atoms with E-state index in [-0.39, 0.29) is 11.7 Å². The maximum atomic E-state index is 13.0. The van der Waals surface area contributed by atoms with Crippen LogP contribution in [0.2, 0.25) is 0 Å². The summed E-state index contributed by atoms with van der Waals surface area (Å²) in [6.45, 7) is 1.91. The van der Waals surface area contributed by atoms with E-state index in [0.717, 1.165) is 28.5 Å². The van der Waals surface area contributed by atoms with Gasteiger partial charge in [-0.25, -0.2) is 13.9 Å². The van der Waals surface area contributed by atoms with Gasteiger partial charge in [-0.1, -0.05) is 0 Å². The van der Waals surface area contributed by atoms with E-state index in [1.807, 2.05) is 32.3 Å². The summed E-state index contributed by atoms with van der Waals surface area (Å²) in [4.78, 5) is 16.6. The number of hydrogen-bond acceptors (Lipinski definition) is 4. The van der Waals surface area contributed by atoms with Crippen LogP contribution in [-0.4, -0.2) is 30.3 Å². The molecule has 0 radical (unpaired) electrons. The van der Waals surface area contributed by atoms with Crippen LogP contribution in [-0.2, 0) is 7.05 Å². The van der Waals surface area contributed by atoms with Crippen molar-refractivity contribution in [1.82, 2.24) is 24.4 Å². The Bertz CT molecular complexity index is 1110. The summed E-state index contributed by atoms with van der Waals surface area (Å²) in [7, 11) is 1.85. The Morgan fingerprint density at radius 2 is 2.08 bits per heavy atom. The van der Waals surface area contributed by atoms with Crippen LogP contribution in [0.3, 0.4) is 0 Å². The van der Waals surface area contributed by atoms with Crippen LogP contribution in [0.4, 0.5) is 10.2 Å². The van der Waals surface area contributed by atoms with Crippen LogP contribution in [0, 0.1) is 12.7 Å². The number of hydrogen-bond donors (Lipinski definition) is 1. The average molecular weight is 350 g/mol. The molecule has 0 atom stereocenters. The number of nitrogens with one attached hydrogen (secondary N) is 1. The van der Waals surface area contributed by atoms with E-state index in [9.17, 15) is 9.18 Å². The zero-order chi connectivity index (χ0) is 18.3. The highest BCUT2D eigenvalue weighted by atomic mass is 19.1. The molecule has 0 aliphatic heterocycles. The molecular weight excluding hydrogens is 335 g/mol. The first-order valence-corrected chi connectivity index (χ1v) is 7.92. The SMILES string of the molecule is Cc1nn(C)cc1-c1cc(C(=O)Nc2ccc(F)cn2)n2nccc2c1. The van der Waals surface area contributed by atoms with Crippen LogP contribution in [0.25, 0.3) is 16.6 Å².